The smallest absolute Gasteiger partial charge is 0.112 e. The van der Waals surface area contributed by atoms with Crippen LogP contribution in [0.5, 0.6) is 0 Å². The second kappa shape index (κ2) is 3.50. The average Bonchev–Trinajstić information content (AvgIpc) is 1.65. The molecule has 0 N–H and O–H groups in total. The van der Waals surface area contributed by atoms with E-state index >= 15 is 0 Å². The highest BCUT2D eigenvalue weighted by Crippen LogP contribution is 1.97. The molecule has 0 aliphatic rings. The van der Waals surface area contributed by atoms with E-state index in [-0.39, 0.29) is 5.44 Å². The minimum atomic E-state index is 0.0185. The van der Waals surface area contributed by atoms with Crippen molar-refractivity contribution in [3.8, 4) is 0 Å². The fourth-order valence-corrected chi connectivity index (χ4v) is 0.167. The normalized spacial score (nSPS) is 14.5. The summed E-state index contributed by atoms with van der Waals surface area (Å²) in [6.07, 6.45) is 0.922. The number of ether oxygens (including phenoxy) is 1. The molecule has 0 aliphatic heterocycles. The summed E-state index contributed by atoms with van der Waals surface area (Å²) < 4.78 is 4.71. The van der Waals surface area contributed by atoms with Gasteiger partial charge in [0.05, 0.1) is 0 Å². The molecule has 1 atom stereocenters. The van der Waals surface area contributed by atoms with Gasteiger partial charge in [0.25, 0.3) is 0 Å². The molecule has 2 heteroatoms. The third kappa shape index (κ3) is 2.54. The summed E-state index contributed by atoms with van der Waals surface area (Å²) in [6, 6.07) is 0. The van der Waals surface area contributed by atoms with Crippen LogP contribution in [-0.4, -0.2) is 12.5 Å². The van der Waals surface area contributed by atoms with E-state index in [1.807, 2.05) is 6.92 Å². The lowest BCUT2D eigenvalue weighted by molar-refractivity contribution is 0.172. The minimum Gasteiger partial charge on any atom is -0.370 e. The van der Waals surface area contributed by atoms with E-state index < -0.39 is 0 Å². The zero-order valence-corrected chi connectivity index (χ0v) is 4.92. The van der Waals surface area contributed by atoms with Gasteiger partial charge in [0.1, 0.15) is 5.44 Å². The van der Waals surface area contributed by atoms with E-state index in [9.17, 15) is 0 Å². The van der Waals surface area contributed by atoms with Crippen LogP contribution in [0.2, 0.25) is 0 Å². The van der Waals surface area contributed by atoms with E-state index in [2.05, 4.69) is 0 Å². The standard InChI is InChI=1S/C4H9OS/c1-3-4(6)5-2/h4H,3H2,1-2H3. The molecule has 0 saturated heterocycles. The van der Waals surface area contributed by atoms with Gasteiger partial charge >= 0.3 is 0 Å². The van der Waals surface area contributed by atoms with Crippen molar-refractivity contribution in [3.05, 3.63) is 0 Å². The zero-order valence-electron chi connectivity index (χ0n) is 4.10. The van der Waals surface area contributed by atoms with E-state index in [1.165, 1.54) is 0 Å². The summed E-state index contributed by atoms with van der Waals surface area (Å²) in [5.41, 5.74) is 0.0185. The Morgan fingerprint density at radius 1 is 1.83 bits per heavy atom. The Labute approximate surface area is 44.1 Å². The van der Waals surface area contributed by atoms with Crippen molar-refractivity contribution >= 4 is 12.6 Å². The molecule has 1 unspecified atom stereocenters. The van der Waals surface area contributed by atoms with Gasteiger partial charge in [-0.2, -0.15) is 0 Å². The van der Waals surface area contributed by atoms with Gasteiger partial charge in [0.2, 0.25) is 0 Å². The molecule has 0 aromatic rings. The SMILES string of the molecule is CCC([S])OC. The summed E-state index contributed by atoms with van der Waals surface area (Å²) in [5.74, 6) is 0. The average molecular weight is 105 g/mol. The first-order valence-electron chi connectivity index (χ1n) is 2.00. The molecule has 0 aromatic heterocycles. The van der Waals surface area contributed by atoms with Crippen LogP contribution in [0.1, 0.15) is 13.3 Å². The van der Waals surface area contributed by atoms with Crippen LogP contribution in [0.4, 0.5) is 0 Å². The maximum Gasteiger partial charge on any atom is 0.112 e. The second-order valence-corrected chi connectivity index (χ2v) is 1.60. The summed E-state index contributed by atoms with van der Waals surface area (Å²) >= 11 is 4.72. The molecule has 0 spiro atoms. The third-order valence-electron chi connectivity index (χ3n) is 0.596. The molecule has 0 aliphatic carbocycles. The minimum absolute atomic E-state index is 0.0185. The molecule has 0 amide bonds. The lowest BCUT2D eigenvalue weighted by Crippen LogP contribution is -1.96. The summed E-state index contributed by atoms with van der Waals surface area (Å²) in [6.45, 7) is 2.00. The van der Waals surface area contributed by atoms with Crippen molar-refractivity contribution in [2.75, 3.05) is 7.11 Å². The van der Waals surface area contributed by atoms with Crippen LogP contribution in [-0.2, 0) is 4.74 Å². The Hall–Kier alpha value is 0.310. The first kappa shape index (κ1) is 6.31. The van der Waals surface area contributed by atoms with Crippen LogP contribution >= 0.6 is 12.6 Å². The molecular weight excluding hydrogens is 96.1 g/mol. The fourth-order valence-electron chi connectivity index (χ4n) is 0.167. The quantitative estimate of drug-likeness (QED) is 0.518. The topological polar surface area (TPSA) is 9.23 Å². The molecule has 1 radical (unpaired) electrons. The van der Waals surface area contributed by atoms with Crippen molar-refractivity contribution in [1.82, 2.24) is 0 Å². The van der Waals surface area contributed by atoms with Crippen LogP contribution in [0.3, 0.4) is 0 Å². The van der Waals surface area contributed by atoms with E-state index in [0.717, 1.165) is 6.42 Å². The molecular formula is C4H9OS. The van der Waals surface area contributed by atoms with Gasteiger partial charge in [0.15, 0.2) is 0 Å². The summed E-state index contributed by atoms with van der Waals surface area (Å²) in [4.78, 5) is 0. The molecule has 0 bridgehead atoms. The Kier molecular flexibility index (Phi) is 3.68. The van der Waals surface area contributed by atoms with Crippen LogP contribution < -0.4 is 0 Å². The lowest BCUT2D eigenvalue weighted by atomic mass is 10.5. The molecule has 0 rings (SSSR count). The van der Waals surface area contributed by atoms with Crippen molar-refractivity contribution in [2.45, 2.75) is 18.8 Å². The van der Waals surface area contributed by atoms with Crippen molar-refractivity contribution < 1.29 is 4.74 Å². The molecule has 0 saturated carbocycles. The Morgan fingerprint density at radius 3 is 2.33 bits per heavy atom. The maximum atomic E-state index is 4.72. The van der Waals surface area contributed by atoms with E-state index in [0.29, 0.717) is 0 Å². The van der Waals surface area contributed by atoms with Crippen molar-refractivity contribution in [2.24, 2.45) is 0 Å². The second-order valence-electron chi connectivity index (χ2n) is 1.07. The lowest BCUT2D eigenvalue weighted by Gasteiger charge is -1.99. The van der Waals surface area contributed by atoms with E-state index in [1.54, 1.807) is 7.11 Å². The van der Waals surface area contributed by atoms with Crippen LogP contribution in [0.25, 0.3) is 0 Å². The molecule has 1 nitrogen and oxygen atoms in total. The zero-order chi connectivity index (χ0) is 4.99. The van der Waals surface area contributed by atoms with E-state index in [4.69, 9.17) is 17.4 Å². The van der Waals surface area contributed by atoms with Crippen molar-refractivity contribution in [1.29, 1.82) is 0 Å². The molecule has 0 aromatic carbocycles. The van der Waals surface area contributed by atoms with Gasteiger partial charge < -0.3 is 4.74 Å². The Bertz CT molecular complexity index is 26.7. The monoisotopic (exact) mass is 105 g/mol. The predicted molar refractivity (Wildman–Crippen MR) is 28.7 cm³/mol. The largest absolute Gasteiger partial charge is 0.370 e. The number of hydrogen-bond acceptors (Lipinski definition) is 1. The molecule has 6 heavy (non-hydrogen) atoms. The van der Waals surface area contributed by atoms with Gasteiger partial charge in [-0.15, -0.1) is 0 Å². The van der Waals surface area contributed by atoms with Gasteiger partial charge in [-0.1, -0.05) is 19.6 Å². The molecule has 0 fully saturated rings. The first-order chi connectivity index (χ1) is 2.81. The van der Waals surface area contributed by atoms with Gasteiger partial charge in [0, 0.05) is 7.11 Å². The fraction of sp³-hybridized carbons (Fsp3) is 1.00. The van der Waals surface area contributed by atoms with Gasteiger partial charge in [-0.25, -0.2) is 0 Å². The number of rotatable bonds is 2. The highest BCUT2D eigenvalue weighted by molar-refractivity contribution is 7.80. The summed E-state index contributed by atoms with van der Waals surface area (Å²) in [7, 11) is 1.63. The molecule has 0 heterocycles. The maximum absolute atomic E-state index is 4.72. The number of hydrogen-bond donors (Lipinski definition) is 0. The van der Waals surface area contributed by atoms with Crippen LogP contribution in [0, 0.1) is 0 Å². The highest BCUT2D eigenvalue weighted by atomic mass is 32.1. The van der Waals surface area contributed by atoms with Crippen molar-refractivity contribution in [3.63, 3.8) is 0 Å². The first-order valence-corrected chi connectivity index (χ1v) is 2.47. The Balaban J connectivity index is 2.75. The van der Waals surface area contributed by atoms with Crippen LogP contribution in [0.15, 0.2) is 0 Å². The number of methoxy groups -OCH3 is 1. The third-order valence-corrected chi connectivity index (χ3v) is 1.12. The molecule has 37 valence electrons. The van der Waals surface area contributed by atoms with Gasteiger partial charge in [-0.05, 0) is 6.42 Å². The predicted octanol–water partition coefficient (Wildman–Crippen LogP) is 1.57. The van der Waals surface area contributed by atoms with Gasteiger partial charge in [-0.3, -0.25) is 0 Å². The summed E-state index contributed by atoms with van der Waals surface area (Å²) in [5, 5.41) is 0. The Morgan fingerprint density at radius 2 is 2.33 bits per heavy atom. The highest BCUT2D eigenvalue weighted by Gasteiger charge is 1.91.